The molecule has 0 bridgehead atoms. The molecule has 7 heteroatoms. The van der Waals surface area contributed by atoms with Gasteiger partial charge in [-0.15, -0.1) is 0 Å². The van der Waals surface area contributed by atoms with Gasteiger partial charge in [0.2, 0.25) is 0 Å². The van der Waals surface area contributed by atoms with Gasteiger partial charge in [-0.1, -0.05) is 42.1 Å². The third kappa shape index (κ3) is 7.36. The second-order valence-corrected chi connectivity index (χ2v) is 5.50. The van der Waals surface area contributed by atoms with Crippen LogP contribution in [0.15, 0.2) is 30.3 Å². The minimum Gasteiger partial charge on any atom is -0.480 e. The minimum absolute atomic E-state index is 0.0706. The number of carbonyl (C=O) groups is 3. The smallest absolute Gasteiger partial charge is 0.408 e. The van der Waals surface area contributed by atoms with Crippen LogP contribution in [0.2, 0.25) is 0 Å². The summed E-state index contributed by atoms with van der Waals surface area (Å²) in [7, 11) is 0. The van der Waals surface area contributed by atoms with Crippen LogP contribution in [0.3, 0.4) is 0 Å². The van der Waals surface area contributed by atoms with Crippen LogP contribution in [0, 0.1) is 0 Å². The lowest BCUT2D eigenvalue weighted by Gasteiger charge is -2.14. The van der Waals surface area contributed by atoms with Crippen molar-refractivity contribution in [3.63, 3.8) is 0 Å². The molecule has 0 unspecified atom stereocenters. The van der Waals surface area contributed by atoms with Crippen LogP contribution in [0.4, 0.5) is 4.79 Å². The monoisotopic (exact) mass is 311 g/mol. The molecule has 0 spiro atoms. The lowest BCUT2D eigenvalue weighted by molar-refractivity contribution is -0.139. The fourth-order valence-electron chi connectivity index (χ4n) is 1.48. The van der Waals surface area contributed by atoms with Gasteiger partial charge < -0.3 is 15.2 Å². The summed E-state index contributed by atoms with van der Waals surface area (Å²) in [4.78, 5) is 33.4. The highest BCUT2D eigenvalue weighted by atomic mass is 32.2. The summed E-state index contributed by atoms with van der Waals surface area (Å²) in [6.07, 6.45) is -0.640. The molecule has 1 atom stereocenters. The van der Waals surface area contributed by atoms with Crippen molar-refractivity contribution in [2.45, 2.75) is 26.0 Å². The van der Waals surface area contributed by atoms with Gasteiger partial charge in [0.15, 0.2) is 5.12 Å². The molecule has 21 heavy (non-hydrogen) atoms. The Morgan fingerprint density at radius 1 is 1.29 bits per heavy atom. The number of alkyl carbamates (subject to hydrolysis) is 1. The minimum atomic E-state index is -1.16. The number of aliphatic carboxylic acids is 1. The predicted molar refractivity (Wildman–Crippen MR) is 78.9 cm³/mol. The van der Waals surface area contributed by atoms with Crippen molar-refractivity contribution in [1.29, 1.82) is 0 Å². The first kappa shape index (κ1) is 17.0. The van der Waals surface area contributed by atoms with Crippen LogP contribution in [-0.4, -0.2) is 34.1 Å². The van der Waals surface area contributed by atoms with Gasteiger partial charge in [-0.25, -0.2) is 9.59 Å². The Bertz CT molecular complexity index is 491. The Balaban J connectivity index is 2.38. The Morgan fingerprint density at radius 2 is 1.95 bits per heavy atom. The average molecular weight is 311 g/mol. The van der Waals surface area contributed by atoms with Gasteiger partial charge in [-0.3, -0.25) is 4.79 Å². The van der Waals surface area contributed by atoms with Gasteiger partial charge in [0, 0.05) is 12.7 Å². The third-order valence-electron chi connectivity index (χ3n) is 2.51. The molecule has 0 heterocycles. The number of rotatable bonds is 7. The van der Waals surface area contributed by atoms with Crippen molar-refractivity contribution in [3.8, 4) is 0 Å². The number of carbonyl (C=O) groups excluding carboxylic acids is 2. The first-order valence-corrected chi connectivity index (χ1v) is 7.31. The highest BCUT2D eigenvalue weighted by Gasteiger charge is 2.20. The van der Waals surface area contributed by atoms with E-state index >= 15 is 0 Å². The molecule has 0 fully saturated rings. The fourth-order valence-corrected chi connectivity index (χ4v) is 2.13. The van der Waals surface area contributed by atoms with Crippen LogP contribution in [0.5, 0.6) is 0 Å². The Labute approximate surface area is 126 Å². The number of benzene rings is 1. The van der Waals surface area contributed by atoms with Crippen LogP contribution >= 0.6 is 11.8 Å². The van der Waals surface area contributed by atoms with Crippen molar-refractivity contribution in [2.75, 3.05) is 5.75 Å². The molecule has 2 N–H and O–H groups in total. The van der Waals surface area contributed by atoms with E-state index in [1.54, 1.807) is 12.1 Å². The van der Waals surface area contributed by atoms with Crippen molar-refractivity contribution in [3.05, 3.63) is 35.9 Å². The molecule has 0 saturated carbocycles. The van der Waals surface area contributed by atoms with Crippen LogP contribution < -0.4 is 5.32 Å². The topological polar surface area (TPSA) is 92.7 Å². The number of carboxylic acids is 1. The highest BCUT2D eigenvalue weighted by Crippen LogP contribution is 2.07. The number of hydrogen-bond acceptors (Lipinski definition) is 5. The fraction of sp³-hybridized carbons (Fsp3) is 0.357. The van der Waals surface area contributed by atoms with Crippen molar-refractivity contribution < 1.29 is 24.2 Å². The molecule has 114 valence electrons. The van der Waals surface area contributed by atoms with Gasteiger partial charge in [-0.2, -0.15) is 0 Å². The number of amides is 1. The van der Waals surface area contributed by atoms with Crippen LogP contribution in [0.25, 0.3) is 0 Å². The van der Waals surface area contributed by atoms with Gasteiger partial charge in [-0.05, 0) is 12.0 Å². The first-order valence-electron chi connectivity index (χ1n) is 6.32. The van der Waals surface area contributed by atoms with E-state index in [0.29, 0.717) is 5.75 Å². The molecule has 6 nitrogen and oxygen atoms in total. The summed E-state index contributed by atoms with van der Waals surface area (Å²) in [6, 6.07) is 8.00. The van der Waals surface area contributed by atoms with Crippen molar-refractivity contribution in [2.24, 2.45) is 0 Å². The Morgan fingerprint density at radius 3 is 2.52 bits per heavy atom. The summed E-state index contributed by atoms with van der Waals surface area (Å²) < 4.78 is 4.95. The van der Waals surface area contributed by atoms with Crippen LogP contribution in [0.1, 0.15) is 18.9 Å². The quantitative estimate of drug-likeness (QED) is 0.800. The van der Waals surface area contributed by atoms with Crippen molar-refractivity contribution >= 4 is 28.9 Å². The molecule has 0 aliphatic rings. The van der Waals surface area contributed by atoms with Gasteiger partial charge in [0.25, 0.3) is 0 Å². The second kappa shape index (κ2) is 9.02. The summed E-state index contributed by atoms with van der Waals surface area (Å²) in [5.41, 5.74) is 0.812. The van der Waals surface area contributed by atoms with Crippen molar-refractivity contribution in [1.82, 2.24) is 5.32 Å². The maximum atomic E-state index is 11.6. The van der Waals surface area contributed by atoms with Gasteiger partial charge in [0.05, 0.1) is 0 Å². The molecule has 1 aromatic carbocycles. The van der Waals surface area contributed by atoms with E-state index in [0.717, 1.165) is 17.3 Å². The number of carboxylic acid groups (broad SMARTS) is 1. The summed E-state index contributed by atoms with van der Waals surface area (Å²) >= 11 is 1.02. The molecule has 0 saturated heterocycles. The Kier molecular flexibility index (Phi) is 7.31. The SMILES string of the molecule is CC(=O)SCC[C@@H](NC(=O)OCc1ccccc1)C(=O)O. The zero-order valence-corrected chi connectivity index (χ0v) is 12.4. The zero-order chi connectivity index (χ0) is 15.7. The second-order valence-electron chi connectivity index (χ2n) is 4.23. The standard InChI is InChI=1S/C14H17NO5S/c1-10(16)21-8-7-12(13(17)18)15-14(19)20-9-11-5-3-2-4-6-11/h2-6,12H,7-9H2,1H3,(H,15,19)(H,17,18)/t12-/m1/s1. The summed E-state index contributed by atoms with van der Waals surface area (Å²) in [5.74, 6) is -0.832. The van der Waals surface area contributed by atoms with E-state index in [1.165, 1.54) is 6.92 Å². The predicted octanol–water partition coefficient (Wildman–Crippen LogP) is 2.04. The number of thioether (sulfide) groups is 1. The first-order chi connectivity index (χ1) is 9.99. The van der Waals surface area contributed by atoms with Gasteiger partial charge in [0.1, 0.15) is 12.6 Å². The molecule has 1 aromatic rings. The molecular weight excluding hydrogens is 294 g/mol. The average Bonchev–Trinajstić information content (AvgIpc) is 2.44. The molecular formula is C14H17NO5S. The normalized spacial score (nSPS) is 11.5. The van der Waals surface area contributed by atoms with E-state index in [1.807, 2.05) is 18.2 Å². The lowest BCUT2D eigenvalue weighted by Crippen LogP contribution is -2.41. The third-order valence-corrected chi connectivity index (χ3v) is 3.36. The molecule has 1 rings (SSSR count). The molecule has 0 aromatic heterocycles. The summed E-state index contributed by atoms with van der Waals surface area (Å²) in [5, 5.41) is 11.2. The molecule has 1 amide bonds. The molecule has 0 radical (unpaired) electrons. The maximum absolute atomic E-state index is 11.6. The molecule has 0 aliphatic heterocycles. The van der Waals surface area contributed by atoms with E-state index in [9.17, 15) is 14.4 Å². The summed E-state index contributed by atoms with van der Waals surface area (Å²) in [6.45, 7) is 1.48. The molecule has 0 aliphatic carbocycles. The number of ether oxygens (including phenoxy) is 1. The van der Waals surface area contributed by atoms with E-state index in [-0.39, 0.29) is 18.1 Å². The highest BCUT2D eigenvalue weighted by molar-refractivity contribution is 8.13. The zero-order valence-electron chi connectivity index (χ0n) is 11.6. The lowest BCUT2D eigenvalue weighted by atomic mass is 10.2. The number of hydrogen-bond donors (Lipinski definition) is 2. The largest absolute Gasteiger partial charge is 0.480 e. The maximum Gasteiger partial charge on any atom is 0.408 e. The van der Waals surface area contributed by atoms with E-state index < -0.39 is 18.1 Å². The Hall–Kier alpha value is -2.02. The number of nitrogens with one attached hydrogen (secondary N) is 1. The van der Waals surface area contributed by atoms with E-state index in [4.69, 9.17) is 9.84 Å². The van der Waals surface area contributed by atoms with E-state index in [2.05, 4.69) is 5.32 Å². The van der Waals surface area contributed by atoms with Gasteiger partial charge >= 0.3 is 12.1 Å². The van der Waals surface area contributed by atoms with Crippen LogP contribution in [-0.2, 0) is 20.9 Å².